The number of carboxylic acid groups (broad SMARTS) is 1. The van der Waals surface area contributed by atoms with Crippen LogP contribution in [0.2, 0.25) is 5.02 Å². The predicted molar refractivity (Wildman–Crippen MR) is 95.6 cm³/mol. The zero-order valence-electron chi connectivity index (χ0n) is 13.0. The van der Waals surface area contributed by atoms with E-state index < -0.39 is 42.9 Å². The topological polar surface area (TPSA) is 137 Å². The van der Waals surface area contributed by atoms with Crippen molar-refractivity contribution < 1.29 is 24.3 Å². The summed E-state index contributed by atoms with van der Waals surface area (Å²) in [5.41, 5.74) is 0.498. The zero-order chi connectivity index (χ0) is 18.8. The number of carboxylic acids is 1. The van der Waals surface area contributed by atoms with Crippen LogP contribution in [0.5, 0.6) is 0 Å². The van der Waals surface area contributed by atoms with Crippen LogP contribution < -0.4 is 21.3 Å². The molecule has 0 bridgehead atoms. The van der Waals surface area contributed by atoms with Crippen LogP contribution in [0.4, 0.5) is 10.5 Å². The molecule has 2 atom stereocenters. The maximum atomic E-state index is 12.0. The van der Waals surface area contributed by atoms with Crippen molar-refractivity contribution in [3.05, 3.63) is 29.3 Å². The number of carbonyl (C=O) groups excluding carboxylic acids is 3. The Kier molecular flexibility index (Phi) is 8.66. The third-order valence-corrected chi connectivity index (χ3v) is 3.54. The number of hydrogen-bond acceptors (Lipinski definition) is 4. The van der Waals surface area contributed by atoms with Gasteiger partial charge in [0, 0.05) is 10.7 Å². The third kappa shape index (κ3) is 8.32. The maximum absolute atomic E-state index is 12.0. The van der Waals surface area contributed by atoms with E-state index in [-0.39, 0.29) is 6.16 Å². The Balaban J connectivity index is 2.44. The van der Waals surface area contributed by atoms with E-state index in [1.807, 2.05) is 0 Å². The molecule has 0 aromatic heterocycles. The molecule has 1 aromatic carbocycles. The monoisotopic (exact) mass is 388 g/mol. The number of anilines is 1. The van der Waals surface area contributed by atoms with E-state index >= 15 is 0 Å². The van der Waals surface area contributed by atoms with Gasteiger partial charge in [0.05, 0.1) is 6.54 Å². The first-order valence-electron chi connectivity index (χ1n) is 7.11. The van der Waals surface area contributed by atoms with Gasteiger partial charge in [0.15, 0.2) is 0 Å². The molecule has 5 N–H and O–H groups in total. The number of rotatable bonds is 8. The van der Waals surface area contributed by atoms with Crippen LogP contribution in [-0.2, 0) is 14.4 Å². The van der Waals surface area contributed by atoms with Crippen molar-refractivity contribution in [1.29, 1.82) is 0 Å². The van der Waals surface area contributed by atoms with Gasteiger partial charge in [-0.3, -0.25) is 14.4 Å². The summed E-state index contributed by atoms with van der Waals surface area (Å²) in [5.74, 6) is -2.42. The molecule has 0 aliphatic rings. The van der Waals surface area contributed by atoms with Crippen molar-refractivity contribution in [3.63, 3.8) is 0 Å². The van der Waals surface area contributed by atoms with Gasteiger partial charge >= 0.3 is 12.0 Å². The van der Waals surface area contributed by atoms with Gasteiger partial charge in [-0.1, -0.05) is 11.6 Å². The molecule has 136 valence electrons. The molecule has 1 aromatic rings. The summed E-state index contributed by atoms with van der Waals surface area (Å²) < 4.78 is 0. The Labute approximate surface area is 151 Å². The van der Waals surface area contributed by atoms with E-state index in [2.05, 4.69) is 30.5 Å². The van der Waals surface area contributed by atoms with E-state index in [1.54, 1.807) is 24.3 Å². The Morgan fingerprint density at radius 1 is 1.08 bits per heavy atom. The van der Waals surface area contributed by atoms with Crippen LogP contribution in [0.3, 0.4) is 0 Å². The highest BCUT2D eigenvalue weighted by Crippen LogP contribution is 2.13. The summed E-state index contributed by atoms with van der Waals surface area (Å²) >= 11 is 5.75. The van der Waals surface area contributed by atoms with Crippen LogP contribution in [-0.4, -0.2) is 54.2 Å². The number of halogens is 1. The summed E-state index contributed by atoms with van der Waals surface area (Å²) in [6.07, 6.45) is 0.219. The van der Waals surface area contributed by atoms with Crippen molar-refractivity contribution in [1.82, 2.24) is 16.0 Å². The Morgan fingerprint density at radius 2 is 1.72 bits per heavy atom. The molecule has 0 saturated heterocycles. The Hall–Kier alpha value is -2.38. The lowest BCUT2D eigenvalue weighted by Crippen LogP contribution is -2.51. The first-order valence-corrected chi connectivity index (χ1v) is 8.30. The van der Waals surface area contributed by atoms with E-state index in [0.717, 1.165) is 0 Å². The van der Waals surface area contributed by atoms with E-state index in [4.69, 9.17) is 16.7 Å². The summed E-state index contributed by atoms with van der Waals surface area (Å²) in [5, 5.41) is 18.4. The molecule has 9 nitrogen and oxygen atoms in total. The molecule has 0 fully saturated rings. The average Bonchev–Trinajstić information content (AvgIpc) is 2.57. The molecular weight excluding hydrogens is 371 g/mol. The lowest BCUT2D eigenvalue weighted by Gasteiger charge is -2.17. The van der Waals surface area contributed by atoms with Gasteiger partial charge in [-0.05, 0) is 30.4 Å². The number of carbonyl (C=O) groups is 4. The second-order valence-corrected chi connectivity index (χ2v) is 5.69. The number of amides is 4. The van der Waals surface area contributed by atoms with Gasteiger partial charge in [-0.25, -0.2) is 4.79 Å². The van der Waals surface area contributed by atoms with Crippen LogP contribution in [0.1, 0.15) is 0 Å². The van der Waals surface area contributed by atoms with E-state index in [9.17, 15) is 19.2 Å². The van der Waals surface area contributed by atoms with Crippen molar-refractivity contribution in [3.8, 4) is 0 Å². The highest BCUT2D eigenvalue weighted by atomic mass is 35.5. The normalized spacial score (nSPS) is 11.1. The minimum absolute atomic E-state index is 0.219. The second kappa shape index (κ2) is 10.5. The largest absolute Gasteiger partial charge is 0.480 e. The second-order valence-electron chi connectivity index (χ2n) is 4.78. The Bertz CT molecular complexity index is 641. The molecule has 4 amide bonds. The van der Waals surface area contributed by atoms with Crippen LogP contribution >= 0.6 is 20.8 Å². The molecule has 0 radical (unpaired) electrons. The number of nitrogens with one attached hydrogen (secondary N) is 4. The number of urea groups is 1. The molecule has 0 spiro atoms. The van der Waals surface area contributed by atoms with Crippen LogP contribution in [0.25, 0.3) is 0 Å². The number of benzene rings is 1. The molecule has 11 heteroatoms. The zero-order valence-corrected chi connectivity index (χ0v) is 15.0. The first kappa shape index (κ1) is 20.7. The van der Waals surface area contributed by atoms with Gasteiger partial charge in [0.25, 0.3) is 0 Å². The fourth-order valence-corrected chi connectivity index (χ4v) is 2.08. The minimum atomic E-state index is -1.19. The Morgan fingerprint density at radius 3 is 2.28 bits per heavy atom. The lowest BCUT2D eigenvalue weighted by molar-refractivity contribution is -0.137. The fraction of sp³-hybridized carbons (Fsp3) is 0.286. The predicted octanol–water partition coefficient (Wildman–Crippen LogP) is 0.0222. The van der Waals surface area contributed by atoms with E-state index in [1.165, 1.54) is 0 Å². The molecule has 0 heterocycles. The highest BCUT2D eigenvalue weighted by molar-refractivity contribution is 7.16. The maximum Gasteiger partial charge on any atom is 0.322 e. The number of aliphatic carboxylic acids is 1. The third-order valence-electron chi connectivity index (χ3n) is 2.82. The van der Waals surface area contributed by atoms with E-state index in [0.29, 0.717) is 10.7 Å². The van der Waals surface area contributed by atoms with Gasteiger partial charge in [-0.2, -0.15) is 0 Å². The van der Waals surface area contributed by atoms with Crippen molar-refractivity contribution in [2.45, 2.75) is 6.04 Å². The standard InChI is InChI=1S/C14H18ClN4O5P/c15-8-1-3-9(4-2-8)18-14(24)19-10(7-25)13(23)17-5-11(20)16-6-12(21)22/h1-4,10H,5-7,25H2,(H,16,20)(H,17,23)(H,21,22)(H2,18,19,24)/t10-/m0/s1. The molecule has 1 unspecified atom stereocenters. The van der Waals surface area contributed by atoms with Crippen LogP contribution in [0.15, 0.2) is 24.3 Å². The quantitative estimate of drug-likeness (QED) is 0.400. The molecule has 0 saturated carbocycles. The highest BCUT2D eigenvalue weighted by Gasteiger charge is 2.19. The van der Waals surface area contributed by atoms with Gasteiger partial charge in [0.2, 0.25) is 11.8 Å². The first-order chi connectivity index (χ1) is 11.8. The smallest absolute Gasteiger partial charge is 0.322 e. The minimum Gasteiger partial charge on any atom is -0.480 e. The van der Waals surface area contributed by atoms with Crippen LogP contribution in [0, 0.1) is 0 Å². The van der Waals surface area contributed by atoms with Crippen molar-refractivity contribution in [2.75, 3.05) is 24.6 Å². The van der Waals surface area contributed by atoms with Crippen molar-refractivity contribution >= 4 is 50.3 Å². The molecule has 25 heavy (non-hydrogen) atoms. The molecular formula is C14H18ClN4O5P. The summed E-state index contributed by atoms with van der Waals surface area (Å²) in [6.45, 7) is -0.933. The summed E-state index contributed by atoms with van der Waals surface area (Å²) in [6, 6.07) is 4.93. The van der Waals surface area contributed by atoms with Gasteiger partial charge < -0.3 is 26.4 Å². The summed E-state index contributed by atoms with van der Waals surface area (Å²) in [4.78, 5) is 45.5. The van der Waals surface area contributed by atoms with Gasteiger partial charge in [-0.15, -0.1) is 9.24 Å². The molecule has 1 rings (SSSR count). The van der Waals surface area contributed by atoms with Crippen molar-refractivity contribution in [2.24, 2.45) is 0 Å². The average molecular weight is 389 g/mol. The number of hydrogen-bond donors (Lipinski definition) is 5. The summed E-state index contributed by atoms with van der Waals surface area (Å²) in [7, 11) is 2.32. The molecule has 0 aliphatic carbocycles. The molecule has 0 aliphatic heterocycles. The SMILES string of the molecule is O=C(O)CNC(=O)CNC(=O)[C@H](CP)NC(=O)Nc1ccc(Cl)cc1. The lowest BCUT2D eigenvalue weighted by atomic mass is 10.3. The van der Waals surface area contributed by atoms with Gasteiger partial charge in [0.1, 0.15) is 12.6 Å². The fourth-order valence-electron chi connectivity index (χ4n) is 1.62.